The molecule has 0 saturated carbocycles. The molecule has 0 saturated heterocycles. The molecule has 3 aromatic heterocycles. The zero-order valence-corrected chi connectivity index (χ0v) is 19.2. The standard InChI is InChI=1S/C24H18N8O2S/c1-15-20-10-11-27-22(20)9-8-21(15)28-23-17(13-26-14-18(23)12-25)5-2-16-3-6-19(7-4-16)35(33,34)24-29-31-32-30-24/h2-11,13-14,27H,1H3,(H,26,28)(H,29,30,31,32)/b5-2+. The Kier molecular flexibility index (Phi) is 5.56. The summed E-state index contributed by atoms with van der Waals surface area (Å²) >= 11 is 0. The molecule has 0 bridgehead atoms. The molecule has 0 fully saturated rings. The normalized spacial score (nSPS) is 11.7. The van der Waals surface area contributed by atoms with Gasteiger partial charge in [0.25, 0.3) is 5.16 Å². The van der Waals surface area contributed by atoms with E-state index in [1.807, 2.05) is 43.5 Å². The number of nitriles is 1. The number of benzene rings is 2. The summed E-state index contributed by atoms with van der Waals surface area (Å²) < 4.78 is 25.0. The fourth-order valence-corrected chi connectivity index (χ4v) is 4.71. The van der Waals surface area contributed by atoms with Gasteiger partial charge in [0.2, 0.25) is 9.84 Å². The maximum atomic E-state index is 12.5. The van der Waals surface area contributed by atoms with Crippen LogP contribution in [-0.2, 0) is 9.84 Å². The minimum atomic E-state index is -3.84. The van der Waals surface area contributed by atoms with Crippen LogP contribution in [0.4, 0.5) is 11.4 Å². The van der Waals surface area contributed by atoms with Crippen LogP contribution in [0.25, 0.3) is 23.1 Å². The van der Waals surface area contributed by atoms with E-state index in [1.54, 1.807) is 18.3 Å². The number of fused-ring (bicyclic) bond motifs is 1. The number of aromatic nitrogens is 6. The first kappa shape index (κ1) is 22.0. The van der Waals surface area contributed by atoms with Gasteiger partial charge in [-0.3, -0.25) is 4.98 Å². The van der Waals surface area contributed by atoms with Gasteiger partial charge in [-0.1, -0.05) is 29.4 Å². The lowest BCUT2D eigenvalue weighted by Gasteiger charge is -2.14. The van der Waals surface area contributed by atoms with Gasteiger partial charge in [-0.2, -0.15) is 10.5 Å². The Hall–Kier alpha value is -4.82. The molecule has 0 aliphatic carbocycles. The van der Waals surface area contributed by atoms with Crippen LogP contribution in [0.2, 0.25) is 0 Å². The smallest absolute Gasteiger partial charge is 0.292 e. The number of nitrogens with zero attached hydrogens (tertiary/aromatic N) is 5. The van der Waals surface area contributed by atoms with Crippen molar-refractivity contribution >= 4 is 44.3 Å². The molecular formula is C24H18N8O2S. The largest absolute Gasteiger partial charge is 0.361 e. The Bertz CT molecular complexity index is 1700. The number of H-pyrrole nitrogens is 2. The van der Waals surface area contributed by atoms with Crippen molar-refractivity contribution in [2.75, 3.05) is 5.32 Å². The molecule has 5 rings (SSSR count). The van der Waals surface area contributed by atoms with Crippen molar-refractivity contribution in [3.63, 3.8) is 0 Å². The van der Waals surface area contributed by atoms with Crippen molar-refractivity contribution in [3.05, 3.63) is 83.3 Å². The quantitative estimate of drug-likeness (QED) is 0.328. The third-order valence-corrected chi connectivity index (χ3v) is 7.12. The number of anilines is 2. The lowest BCUT2D eigenvalue weighted by atomic mass is 10.1. The van der Waals surface area contributed by atoms with Crippen LogP contribution >= 0.6 is 0 Å². The Morgan fingerprint density at radius 3 is 2.63 bits per heavy atom. The lowest BCUT2D eigenvalue weighted by Crippen LogP contribution is -2.04. The summed E-state index contributed by atoms with van der Waals surface area (Å²) in [5.41, 5.74) is 5.48. The highest BCUT2D eigenvalue weighted by atomic mass is 32.2. The van der Waals surface area contributed by atoms with E-state index in [-0.39, 0.29) is 10.1 Å². The molecule has 10 nitrogen and oxygen atoms in total. The molecule has 35 heavy (non-hydrogen) atoms. The first-order chi connectivity index (χ1) is 17.0. The number of nitrogens with one attached hydrogen (secondary N) is 3. The minimum Gasteiger partial charge on any atom is -0.361 e. The van der Waals surface area contributed by atoms with Gasteiger partial charge < -0.3 is 10.3 Å². The van der Waals surface area contributed by atoms with Crippen molar-refractivity contribution in [2.24, 2.45) is 0 Å². The lowest BCUT2D eigenvalue weighted by molar-refractivity contribution is 0.587. The fraction of sp³-hybridized carbons (Fsp3) is 0.0417. The van der Waals surface area contributed by atoms with Crippen LogP contribution < -0.4 is 5.32 Å². The average Bonchev–Trinajstić information content (AvgIpc) is 3.58. The van der Waals surface area contributed by atoms with Crippen LogP contribution in [0.5, 0.6) is 0 Å². The zero-order valence-electron chi connectivity index (χ0n) is 18.4. The summed E-state index contributed by atoms with van der Waals surface area (Å²) in [4.78, 5) is 7.44. The van der Waals surface area contributed by atoms with Crippen molar-refractivity contribution < 1.29 is 8.42 Å². The monoisotopic (exact) mass is 482 g/mol. The fourth-order valence-electron chi connectivity index (χ4n) is 3.70. The molecular weight excluding hydrogens is 464 g/mol. The second kappa shape index (κ2) is 8.85. The predicted molar refractivity (Wildman–Crippen MR) is 130 cm³/mol. The van der Waals surface area contributed by atoms with Gasteiger partial charge in [0.15, 0.2) is 0 Å². The Morgan fingerprint density at radius 1 is 1.06 bits per heavy atom. The van der Waals surface area contributed by atoms with E-state index in [0.29, 0.717) is 16.8 Å². The maximum absolute atomic E-state index is 12.5. The second-order valence-corrected chi connectivity index (χ2v) is 9.51. The van der Waals surface area contributed by atoms with Crippen LogP contribution in [0.1, 0.15) is 22.3 Å². The highest BCUT2D eigenvalue weighted by Gasteiger charge is 2.22. The van der Waals surface area contributed by atoms with Gasteiger partial charge in [0.05, 0.1) is 16.1 Å². The number of pyridine rings is 1. The number of aryl methyl sites for hydroxylation is 1. The summed E-state index contributed by atoms with van der Waals surface area (Å²) in [5, 5.41) is 26.3. The van der Waals surface area contributed by atoms with Crippen LogP contribution in [0.3, 0.4) is 0 Å². The summed E-state index contributed by atoms with van der Waals surface area (Å²) in [5.74, 6) is 0. The van der Waals surface area contributed by atoms with E-state index >= 15 is 0 Å². The molecule has 0 aliphatic heterocycles. The molecule has 11 heteroatoms. The molecule has 0 unspecified atom stereocenters. The van der Waals surface area contributed by atoms with E-state index in [1.165, 1.54) is 18.3 Å². The van der Waals surface area contributed by atoms with Crippen molar-refractivity contribution in [1.29, 1.82) is 5.26 Å². The minimum absolute atomic E-state index is 0.0576. The summed E-state index contributed by atoms with van der Waals surface area (Å²) in [6.07, 6.45) is 8.71. The summed E-state index contributed by atoms with van der Waals surface area (Å²) in [7, 11) is -3.84. The number of tetrazole rings is 1. The number of sulfone groups is 1. The van der Waals surface area contributed by atoms with Crippen molar-refractivity contribution in [1.82, 2.24) is 30.6 Å². The van der Waals surface area contributed by atoms with Gasteiger partial charge in [-0.15, -0.1) is 5.10 Å². The SMILES string of the molecule is Cc1c(Nc2c(C#N)cncc2/C=C/c2ccc(S(=O)(=O)c3nn[nH]n3)cc2)ccc2[nH]ccc12. The summed E-state index contributed by atoms with van der Waals surface area (Å²) in [6, 6.07) is 14.4. The van der Waals surface area contributed by atoms with Gasteiger partial charge in [0, 0.05) is 40.7 Å². The van der Waals surface area contributed by atoms with Crippen LogP contribution in [-0.4, -0.2) is 39.0 Å². The Balaban J connectivity index is 1.45. The third kappa shape index (κ3) is 4.14. The van der Waals surface area contributed by atoms with Gasteiger partial charge in [-0.25, -0.2) is 8.42 Å². The topological polar surface area (TPSA) is 153 Å². The molecule has 2 aromatic carbocycles. The number of hydrogen-bond acceptors (Lipinski definition) is 8. The molecule has 3 N–H and O–H groups in total. The van der Waals surface area contributed by atoms with Gasteiger partial charge >= 0.3 is 0 Å². The van der Waals surface area contributed by atoms with Crippen LogP contribution in [0, 0.1) is 18.3 Å². The first-order valence-corrected chi connectivity index (χ1v) is 11.9. The number of rotatable bonds is 6. The van der Waals surface area contributed by atoms with Gasteiger partial charge in [-0.05, 0) is 53.6 Å². The molecule has 172 valence electrons. The van der Waals surface area contributed by atoms with Crippen molar-refractivity contribution in [3.8, 4) is 6.07 Å². The zero-order chi connectivity index (χ0) is 24.4. The number of aromatic amines is 2. The average molecular weight is 483 g/mol. The van der Waals surface area contributed by atoms with E-state index in [9.17, 15) is 13.7 Å². The number of hydrogen-bond donors (Lipinski definition) is 3. The van der Waals surface area contributed by atoms with E-state index < -0.39 is 9.84 Å². The third-order valence-electron chi connectivity index (χ3n) is 5.57. The summed E-state index contributed by atoms with van der Waals surface area (Å²) in [6.45, 7) is 2.02. The Labute approximate surface area is 200 Å². The molecule has 0 radical (unpaired) electrons. The highest BCUT2D eigenvalue weighted by Crippen LogP contribution is 2.31. The molecule has 0 amide bonds. The molecule has 5 aromatic rings. The molecule has 0 spiro atoms. The van der Waals surface area contributed by atoms with E-state index in [0.717, 1.165) is 27.7 Å². The maximum Gasteiger partial charge on any atom is 0.292 e. The van der Waals surface area contributed by atoms with Crippen LogP contribution in [0.15, 0.2) is 71.1 Å². The Morgan fingerprint density at radius 2 is 1.89 bits per heavy atom. The van der Waals surface area contributed by atoms with Gasteiger partial charge in [0.1, 0.15) is 6.07 Å². The predicted octanol–water partition coefficient (Wildman–Crippen LogP) is 4.00. The molecule has 0 aliphatic rings. The highest BCUT2D eigenvalue weighted by molar-refractivity contribution is 7.91. The second-order valence-electron chi connectivity index (χ2n) is 7.67. The molecule has 0 atom stereocenters. The van der Waals surface area contributed by atoms with Crippen molar-refractivity contribution in [2.45, 2.75) is 17.0 Å². The van der Waals surface area contributed by atoms with E-state index in [4.69, 9.17) is 0 Å². The van der Waals surface area contributed by atoms with E-state index in [2.05, 4.69) is 42.0 Å². The first-order valence-electron chi connectivity index (χ1n) is 10.5. The molecule has 3 heterocycles.